The minimum absolute atomic E-state index is 0.184. The first kappa shape index (κ1) is 46.9. The van der Waals surface area contributed by atoms with Gasteiger partial charge < -0.3 is 28.8 Å². The summed E-state index contributed by atoms with van der Waals surface area (Å²) in [5, 5.41) is 15.9. The predicted octanol–water partition coefficient (Wildman–Crippen LogP) is 12.6. The molecular weight excluding hydrogens is 815 g/mol. The number of methoxy groups -OCH3 is 3. The van der Waals surface area contributed by atoms with Gasteiger partial charge in [0.1, 0.15) is 19.6 Å². The molecule has 0 saturated carbocycles. The van der Waals surface area contributed by atoms with E-state index in [1.54, 1.807) is 21.3 Å². The first-order chi connectivity index (χ1) is 30.1. The molecule has 5 aromatic carbocycles. The Hall–Kier alpha value is -4.62. The zero-order valence-electron chi connectivity index (χ0n) is 37.0. The van der Waals surface area contributed by atoms with Crippen LogP contribution in [0.1, 0.15) is 70.1 Å². The van der Waals surface area contributed by atoms with Crippen LogP contribution >= 0.6 is 19.9 Å². The Bertz CT molecular complexity index is 2260. The van der Waals surface area contributed by atoms with Crippen molar-refractivity contribution in [3.8, 4) is 11.8 Å². The Balaban J connectivity index is 1.40. The molecule has 2 atom stereocenters. The average molecular weight is 875 g/mol. The SMILES string of the molecule is COc1ccc2nc3cc(Cl)ccc3c(NCCCCC(CP(OCCC#N)N(C(C)C)C(C)C)C(OC)(OC)OC(c3ccccc3)(c3ccccc3)c3ccccc3)c2c1. The van der Waals surface area contributed by atoms with E-state index in [1.807, 2.05) is 91.0 Å². The Labute approximate surface area is 374 Å². The summed E-state index contributed by atoms with van der Waals surface area (Å²) in [6.07, 6.45) is 3.19. The molecule has 2 unspecified atom stereocenters. The van der Waals surface area contributed by atoms with Gasteiger partial charge in [0, 0.05) is 60.7 Å². The second-order valence-electron chi connectivity index (χ2n) is 15.9. The van der Waals surface area contributed by atoms with E-state index in [-0.39, 0.29) is 18.0 Å². The van der Waals surface area contributed by atoms with Gasteiger partial charge in [-0.05, 0) is 93.6 Å². The van der Waals surface area contributed by atoms with E-state index in [2.05, 4.69) is 80.1 Å². The highest BCUT2D eigenvalue weighted by Crippen LogP contribution is 2.52. The van der Waals surface area contributed by atoms with Gasteiger partial charge in [-0.25, -0.2) is 4.98 Å². The molecule has 6 rings (SSSR count). The minimum atomic E-state index is -1.55. The van der Waals surface area contributed by atoms with Crippen LogP contribution in [-0.4, -0.2) is 68.4 Å². The number of halogens is 1. The van der Waals surface area contributed by atoms with Crippen LogP contribution < -0.4 is 10.1 Å². The van der Waals surface area contributed by atoms with Crippen LogP contribution in [0.4, 0.5) is 5.69 Å². The van der Waals surface area contributed by atoms with Gasteiger partial charge in [-0.1, -0.05) is 109 Å². The summed E-state index contributed by atoms with van der Waals surface area (Å²) in [5.41, 5.74) is 4.34. The maximum absolute atomic E-state index is 9.56. The fourth-order valence-corrected chi connectivity index (χ4v) is 11.2. The van der Waals surface area contributed by atoms with Crippen molar-refractivity contribution in [2.75, 3.05) is 46.0 Å². The van der Waals surface area contributed by atoms with E-state index < -0.39 is 19.9 Å². The van der Waals surface area contributed by atoms with Crippen molar-refractivity contribution >= 4 is 47.4 Å². The van der Waals surface area contributed by atoms with E-state index in [0.29, 0.717) is 37.2 Å². The van der Waals surface area contributed by atoms with Gasteiger partial charge in [-0.15, -0.1) is 0 Å². The standard InChI is InChI=1S/C51H60ClN4O5P/c1-37(2)56(38(3)4)62(60-33-19-31-53)36-42(26-17-18-32-54-49-45-29-27-43(52)34-48(45)55-47-30-28-44(57-5)35-46(47)49)51(58-6,59-7)61-50(39-20-11-8-12-21-39,40-22-13-9-14-23-40)41-24-15-10-16-25-41/h8-16,20-25,27-30,34-35,37-38,42H,17-19,26,32-33,36H2,1-7H3,(H,54,55). The van der Waals surface area contributed by atoms with Crippen molar-refractivity contribution in [1.29, 1.82) is 5.26 Å². The monoisotopic (exact) mass is 874 g/mol. The van der Waals surface area contributed by atoms with Gasteiger partial charge in [-0.2, -0.15) is 5.26 Å². The zero-order valence-corrected chi connectivity index (χ0v) is 38.7. The van der Waals surface area contributed by atoms with Crippen LogP contribution in [0, 0.1) is 17.2 Å². The van der Waals surface area contributed by atoms with Crippen LogP contribution in [-0.2, 0) is 24.3 Å². The molecule has 0 bridgehead atoms. The number of nitrogens with zero attached hydrogens (tertiary/aromatic N) is 3. The third-order valence-electron chi connectivity index (χ3n) is 11.3. The molecule has 0 aliphatic rings. The lowest BCUT2D eigenvalue weighted by Crippen LogP contribution is -2.53. The molecule has 0 aliphatic carbocycles. The summed E-state index contributed by atoms with van der Waals surface area (Å²) in [6, 6.07) is 45.3. The highest BCUT2D eigenvalue weighted by atomic mass is 35.5. The van der Waals surface area contributed by atoms with Crippen LogP contribution in [0.2, 0.25) is 5.02 Å². The first-order valence-corrected chi connectivity index (χ1v) is 23.2. The number of anilines is 1. The molecule has 326 valence electrons. The van der Waals surface area contributed by atoms with Crippen LogP contribution in [0.15, 0.2) is 127 Å². The topological polar surface area (TPSA) is 98.1 Å². The van der Waals surface area contributed by atoms with Gasteiger partial charge in [0.2, 0.25) is 0 Å². The maximum atomic E-state index is 9.56. The molecule has 1 aromatic heterocycles. The molecule has 11 heteroatoms. The quantitative estimate of drug-likeness (QED) is 0.0222. The molecule has 6 aromatic rings. The van der Waals surface area contributed by atoms with Crippen LogP contribution in [0.5, 0.6) is 5.75 Å². The van der Waals surface area contributed by atoms with Crippen molar-refractivity contribution in [1.82, 2.24) is 9.65 Å². The number of nitrogens with one attached hydrogen (secondary N) is 1. The lowest BCUT2D eigenvalue weighted by Gasteiger charge is -2.48. The van der Waals surface area contributed by atoms with Crippen molar-refractivity contribution in [2.45, 2.75) is 77.0 Å². The molecule has 9 nitrogen and oxygen atoms in total. The van der Waals surface area contributed by atoms with Gasteiger partial charge in [0.15, 0.2) is 0 Å². The van der Waals surface area contributed by atoms with Crippen LogP contribution in [0.3, 0.4) is 0 Å². The Morgan fingerprint density at radius 3 is 1.87 bits per heavy atom. The molecule has 0 aliphatic heterocycles. The molecule has 0 saturated heterocycles. The summed E-state index contributed by atoms with van der Waals surface area (Å²) in [4.78, 5) is 4.92. The number of hydrogen-bond donors (Lipinski definition) is 1. The summed E-state index contributed by atoms with van der Waals surface area (Å²) in [7, 11) is 3.77. The zero-order chi connectivity index (χ0) is 44.1. The molecule has 0 radical (unpaired) electrons. The third kappa shape index (κ3) is 10.6. The van der Waals surface area contributed by atoms with Crippen molar-refractivity contribution in [2.24, 2.45) is 5.92 Å². The lowest BCUT2D eigenvalue weighted by atomic mass is 9.79. The minimum Gasteiger partial charge on any atom is -0.497 e. The molecule has 0 spiro atoms. The number of unbranched alkanes of at least 4 members (excludes halogenated alkanes) is 1. The smallest absolute Gasteiger partial charge is 0.287 e. The summed E-state index contributed by atoms with van der Waals surface area (Å²) >= 11 is 6.44. The fraction of sp³-hybridized carbons (Fsp3) is 0.373. The highest BCUT2D eigenvalue weighted by Gasteiger charge is 2.52. The largest absolute Gasteiger partial charge is 0.497 e. The van der Waals surface area contributed by atoms with E-state index in [1.165, 1.54) is 0 Å². The summed E-state index contributed by atoms with van der Waals surface area (Å²) in [6.45, 7) is 9.80. The van der Waals surface area contributed by atoms with E-state index >= 15 is 0 Å². The van der Waals surface area contributed by atoms with E-state index in [0.717, 1.165) is 62.8 Å². The number of hydrogen-bond acceptors (Lipinski definition) is 9. The number of rotatable bonds is 23. The second-order valence-corrected chi connectivity index (χ2v) is 18.1. The van der Waals surface area contributed by atoms with Crippen LogP contribution in [0.25, 0.3) is 21.8 Å². The number of fused-ring (bicyclic) bond motifs is 2. The third-order valence-corrected chi connectivity index (χ3v) is 14.2. The second kappa shape index (κ2) is 22.1. The predicted molar refractivity (Wildman–Crippen MR) is 254 cm³/mol. The Kier molecular flexibility index (Phi) is 16.7. The Morgan fingerprint density at radius 2 is 1.34 bits per heavy atom. The van der Waals surface area contributed by atoms with Crippen molar-refractivity contribution < 1.29 is 23.5 Å². The molecule has 1 heterocycles. The number of aromatic nitrogens is 1. The fourth-order valence-electron chi connectivity index (χ4n) is 8.53. The van der Waals surface area contributed by atoms with Gasteiger partial charge in [0.25, 0.3) is 5.97 Å². The molecule has 1 N–H and O–H groups in total. The lowest BCUT2D eigenvalue weighted by molar-refractivity contribution is -0.409. The number of ether oxygens (including phenoxy) is 4. The Morgan fingerprint density at radius 1 is 0.742 bits per heavy atom. The van der Waals surface area contributed by atoms with Gasteiger partial charge in [0.05, 0.1) is 42.9 Å². The maximum Gasteiger partial charge on any atom is 0.287 e. The molecule has 0 amide bonds. The summed E-state index contributed by atoms with van der Waals surface area (Å²) < 4.78 is 35.8. The number of benzene rings is 5. The van der Waals surface area contributed by atoms with Crippen molar-refractivity contribution in [3.63, 3.8) is 0 Å². The van der Waals surface area contributed by atoms with Crippen molar-refractivity contribution in [3.05, 3.63) is 149 Å². The highest BCUT2D eigenvalue weighted by molar-refractivity contribution is 7.50. The molecular formula is C51H60ClN4O5P. The van der Waals surface area contributed by atoms with Gasteiger partial charge >= 0.3 is 0 Å². The van der Waals surface area contributed by atoms with E-state index in [4.69, 9.17) is 40.1 Å². The van der Waals surface area contributed by atoms with E-state index in [9.17, 15) is 5.26 Å². The first-order valence-electron chi connectivity index (χ1n) is 21.4. The number of pyridine rings is 1. The normalized spacial score (nSPS) is 13.2. The van der Waals surface area contributed by atoms with Gasteiger partial charge in [-0.3, -0.25) is 4.67 Å². The molecule has 62 heavy (non-hydrogen) atoms. The average Bonchev–Trinajstić information content (AvgIpc) is 3.29. The number of nitriles is 1. The molecule has 0 fully saturated rings. The summed E-state index contributed by atoms with van der Waals surface area (Å²) in [5.74, 6) is -1.12.